The van der Waals surface area contributed by atoms with E-state index in [2.05, 4.69) is 62.0 Å². The average molecular weight is 371 g/mol. The Labute approximate surface area is 161 Å². The Morgan fingerprint density at radius 1 is 1.15 bits per heavy atom. The lowest BCUT2D eigenvalue weighted by molar-refractivity contribution is -0.0290. The van der Waals surface area contributed by atoms with E-state index >= 15 is 0 Å². The highest BCUT2D eigenvalue weighted by molar-refractivity contribution is 5.73. The van der Waals surface area contributed by atoms with Gasteiger partial charge < -0.3 is 15.4 Å². The minimum atomic E-state index is -0.0875. The van der Waals surface area contributed by atoms with Crippen LogP contribution in [0.3, 0.4) is 0 Å². The molecule has 0 saturated carbocycles. The SMILES string of the molecule is CCN(CC)C(CNC(=O)NCC1CN(CC(C)C)CCO1)CC(C)C. The Hall–Kier alpha value is -0.850. The van der Waals surface area contributed by atoms with Crippen LogP contribution >= 0.6 is 0 Å². The lowest BCUT2D eigenvalue weighted by atomic mass is 10.0. The third kappa shape index (κ3) is 9.19. The molecule has 0 bridgehead atoms. The summed E-state index contributed by atoms with van der Waals surface area (Å²) < 4.78 is 5.80. The van der Waals surface area contributed by atoms with Gasteiger partial charge in [0.25, 0.3) is 0 Å². The van der Waals surface area contributed by atoms with Gasteiger partial charge >= 0.3 is 6.03 Å². The van der Waals surface area contributed by atoms with Crippen LogP contribution in [0.25, 0.3) is 0 Å². The zero-order valence-electron chi connectivity index (χ0n) is 17.9. The van der Waals surface area contributed by atoms with Crippen LogP contribution in [0.15, 0.2) is 0 Å². The van der Waals surface area contributed by atoms with Gasteiger partial charge in [0.2, 0.25) is 0 Å². The molecule has 0 radical (unpaired) electrons. The molecule has 1 aliphatic heterocycles. The number of carbonyl (C=O) groups is 1. The molecule has 26 heavy (non-hydrogen) atoms. The van der Waals surface area contributed by atoms with Crippen LogP contribution in [0.1, 0.15) is 48.0 Å². The number of hydrogen-bond donors (Lipinski definition) is 2. The summed E-state index contributed by atoms with van der Waals surface area (Å²) in [6.07, 6.45) is 1.18. The highest BCUT2D eigenvalue weighted by atomic mass is 16.5. The number of morpholine rings is 1. The van der Waals surface area contributed by atoms with E-state index in [-0.39, 0.29) is 12.1 Å². The van der Waals surface area contributed by atoms with Crippen LogP contribution in [-0.4, -0.2) is 80.4 Å². The second kappa shape index (κ2) is 12.5. The van der Waals surface area contributed by atoms with Gasteiger partial charge in [-0.05, 0) is 31.3 Å². The van der Waals surface area contributed by atoms with Crippen molar-refractivity contribution in [2.75, 3.05) is 52.4 Å². The van der Waals surface area contributed by atoms with Crippen molar-refractivity contribution in [1.29, 1.82) is 0 Å². The maximum Gasteiger partial charge on any atom is 0.314 e. The first-order valence-electron chi connectivity index (χ1n) is 10.4. The lowest BCUT2D eigenvalue weighted by Crippen LogP contribution is -2.51. The molecular formula is C20H42N4O2. The summed E-state index contributed by atoms with van der Waals surface area (Å²) in [7, 11) is 0. The predicted octanol–water partition coefficient (Wildman–Crippen LogP) is 2.40. The van der Waals surface area contributed by atoms with Gasteiger partial charge in [-0.15, -0.1) is 0 Å². The van der Waals surface area contributed by atoms with Crippen LogP contribution in [0.2, 0.25) is 0 Å². The second-order valence-corrected chi connectivity index (χ2v) is 8.24. The monoisotopic (exact) mass is 370 g/mol. The summed E-state index contributed by atoms with van der Waals surface area (Å²) >= 11 is 0. The van der Waals surface area contributed by atoms with Crippen molar-refractivity contribution >= 4 is 6.03 Å². The van der Waals surface area contributed by atoms with Crippen molar-refractivity contribution in [3.63, 3.8) is 0 Å². The fraction of sp³-hybridized carbons (Fsp3) is 0.950. The van der Waals surface area contributed by atoms with Crippen molar-refractivity contribution in [2.45, 2.75) is 60.1 Å². The Kier molecular flexibility index (Phi) is 11.2. The van der Waals surface area contributed by atoms with E-state index in [1.807, 2.05) is 0 Å². The lowest BCUT2D eigenvalue weighted by Gasteiger charge is -2.34. The van der Waals surface area contributed by atoms with Crippen molar-refractivity contribution in [3.8, 4) is 0 Å². The zero-order chi connectivity index (χ0) is 19.5. The normalized spacial score (nSPS) is 20.0. The summed E-state index contributed by atoms with van der Waals surface area (Å²) in [5, 5.41) is 6.05. The predicted molar refractivity (Wildman–Crippen MR) is 109 cm³/mol. The molecule has 1 heterocycles. The summed E-state index contributed by atoms with van der Waals surface area (Å²) in [6, 6.07) is 0.304. The van der Waals surface area contributed by atoms with E-state index in [1.165, 1.54) is 0 Å². The Balaban J connectivity index is 2.35. The third-order valence-electron chi connectivity index (χ3n) is 4.91. The van der Waals surface area contributed by atoms with E-state index in [0.29, 0.717) is 31.0 Å². The number of rotatable bonds is 11. The molecule has 154 valence electrons. The number of likely N-dealkylation sites (N-methyl/N-ethyl adjacent to an activating group) is 1. The molecular weight excluding hydrogens is 328 g/mol. The van der Waals surface area contributed by atoms with Crippen molar-refractivity contribution in [1.82, 2.24) is 20.4 Å². The van der Waals surface area contributed by atoms with Crippen molar-refractivity contribution in [2.24, 2.45) is 11.8 Å². The van der Waals surface area contributed by atoms with E-state index in [9.17, 15) is 4.79 Å². The number of nitrogens with one attached hydrogen (secondary N) is 2. The maximum absolute atomic E-state index is 12.2. The first kappa shape index (κ1) is 23.2. The van der Waals surface area contributed by atoms with Gasteiger partial charge in [-0.25, -0.2) is 4.79 Å². The largest absolute Gasteiger partial charge is 0.374 e. The fourth-order valence-electron chi connectivity index (χ4n) is 3.71. The fourth-order valence-corrected chi connectivity index (χ4v) is 3.71. The number of carbonyl (C=O) groups excluding carboxylic acids is 1. The molecule has 0 aliphatic carbocycles. The minimum absolute atomic E-state index is 0.0856. The molecule has 0 aromatic rings. The number of hydrogen-bond acceptors (Lipinski definition) is 4. The quantitative estimate of drug-likeness (QED) is 0.586. The number of urea groups is 1. The van der Waals surface area contributed by atoms with Crippen molar-refractivity contribution in [3.05, 3.63) is 0 Å². The van der Waals surface area contributed by atoms with Crippen LogP contribution in [0, 0.1) is 11.8 Å². The molecule has 0 aromatic carbocycles. The standard InChI is InChI=1S/C20H42N4O2/c1-7-24(8-2)18(11-16(3)4)12-21-20(25)22-13-19-15-23(9-10-26-19)14-17(5)6/h16-19H,7-15H2,1-6H3,(H2,21,22,25). The van der Waals surface area contributed by atoms with E-state index in [4.69, 9.17) is 4.74 Å². The van der Waals surface area contributed by atoms with Gasteiger partial charge in [-0.2, -0.15) is 0 Å². The van der Waals surface area contributed by atoms with Crippen LogP contribution in [0.4, 0.5) is 4.79 Å². The molecule has 1 fully saturated rings. The molecule has 2 atom stereocenters. The summed E-state index contributed by atoms with van der Waals surface area (Å²) in [4.78, 5) is 17.1. The van der Waals surface area contributed by atoms with Gasteiger partial charge in [0.1, 0.15) is 0 Å². The maximum atomic E-state index is 12.2. The van der Waals surface area contributed by atoms with E-state index in [1.54, 1.807) is 0 Å². The van der Waals surface area contributed by atoms with E-state index < -0.39 is 0 Å². The zero-order valence-corrected chi connectivity index (χ0v) is 17.9. The second-order valence-electron chi connectivity index (χ2n) is 8.24. The smallest absolute Gasteiger partial charge is 0.314 e. The van der Waals surface area contributed by atoms with Crippen LogP contribution in [0.5, 0.6) is 0 Å². The minimum Gasteiger partial charge on any atom is -0.374 e. The number of nitrogens with zero attached hydrogens (tertiary/aromatic N) is 2. The van der Waals surface area contributed by atoms with E-state index in [0.717, 1.165) is 45.8 Å². The first-order chi connectivity index (χ1) is 12.3. The van der Waals surface area contributed by atoms with Gasteiger partial charge in [0.15, 0.2) is 0 Å². The Morgan fingerprint density at radius 3 is 2.42 bits per heavy atom. The summed E-state index contributed by atoms with van der Waals surface area (Å²) in [5.74, 6) is 1.27. The van der Waals surface area contributed by atoms with Crippen LogP contribution < -0.4 is 10.6 Å². The third-order valence-corrected chi connectivity index (χ3v) is 4.91. The highest BCUT2D eigenvalue weighted by Crippen LogP contribution is 2.11. The van der Waals surface area contributed by atoms with Gasteiger partial charge in [-0.1, -0.05) is 41.5 Å². The van der Waals surface area contributed by atoms with Gasteiger partial charge in [0.05, 0.1) is 12.7 Å². The number of amides is 2. The number of ether oxygens (including phenoxy) is 1. The molecule has 6 nitrogen and oxygen atoms in total. The highest BCUT2D eigenvalue weighted by Gasteiger charge is 2.22. The summed E-state index contributed by atoms with van der Waals surface area (Å²) in [6.45, 7) is 20.3. The van der Waals surface area contributed by atoms with Gasteiger partial charge in [-0.3, -0.25) is 9.80 Å². The molecule has 2 N–H and O–H groups in total. The molecule has 2 unspecified atom stereocenters. The van der Waals surface area contributed by atoms with Gasteiger partial charge in [0, 0.05) is 38.8 Å². The molecule has 2 amide bonds. The molecule has 0 spiro atoms. The average Bonchev–Trinajstić information content (AvgIpc) is 2.58. The topological polar surface area (TPSA) is 56.8 Å². The molecule has 1 saturated heterocycles. The Morgan fingerprint density at radius 2 is 1.85 bits per heavy atom. The molecule has 1 rings (SSSR count). The first-order valence-corrected chi connectivity index (χ1v) is 10.4. The van der Waals surface area contributed by atoms with Crippen molar-refractivity contribution < 1.29 is 9.53 Å². The Bertz CT molecular complexity index is 386. The molecule has 0 aromatic heterocycles. The molecule has 1 aliphatic rings. The van der Waals surface area contributed by atoms with Crippen LogP contribution in [-0.2, 0) is 4.74 Å². The summed E-state index contributed by atoms with van der Waals surface area (Å²) in [5.41, 5.74) is 0. The molecule has 6 heteroatoms.